The van der Waals surface area contributed by atoms with Gasteiger partial charge in [0.2, 0.25) is 0 Å². The van der Waals surface area contributed by atoms with Gasteiger partial charge in [-0.25, -0.2) is 0 Å². The Balaban J connectivity index is 1.36. The van der Waals surface area contributed by atoms with Crippen molar-refractivity contribution in [3.05, 3.63) is 236 Å². The molecule has 0 saturated heterocycles. The number of para-hydroxylation sites is 1. The summed E-state index contributed by atoms with van der Waals surface area (Å²) in [6.45, 7) is 14.9. The van der Waals surface area contributed by atoms with Gasteiger partial charge >= 0.3 is 0 Å². The lowest BCUT2D eigenvalue weighted by atomic mass is 9.97. The first-order chi connectivity index (χ1) is 30.1. The summed E-state index contributed by atoms with van der Waals surface area (Å²) < 4.78 is 4.73. The molecule has 0 fully saturated rings. The molecule has 2 aromatic heterocycles. The van der Waals surface area contributed by atoms with Crippen LogP contribution in [0.15, 0.2) is 223 Å². The second kappa shape index (κ2) is 18.9. The van der Waals surface area contributed by atoms with Crippen molar-refractivity contribution in [3.63, 3.8) is 0 Å². The molecule has 3 heterocycles. The zero-order valence-electron chi connectivity index (χ0n) is 35.1. The number of fused-ring (bicyclic) bond motifs is 8. The SMILES string of the molecule is C=C\C=C(/C=C\C=C\C=C\C=C/C)n1c2ccccc2c2c3c(ccc21)Sc1c(ccc2c1c(/C=C\C)c(C=C)n2-c1ccc(-c2ccccc2)cc1)C(C)/C=C/C=C\C=C/3. The van der Waals surface area contributed by atoms with Crippen LogP contribution in [0.4, 0.5) is 0 Å². The highest BCUT2D eigenvalue weighted by molar-refractivity contribution is 7.99. The Morgan fingerprint density at radius 3 is 2.15 bits per heavy atom. The summed E-state index contributed by atoms with van der Waals surface area (Å²) in [4.78, 5) is 2.44. The predicted molar refractivity (Wildman–Crippen MR) is 270 cm³/mol. The van der Waals surface area contributed by atoms with Gasteiger partial charge in [0.05, 0.1) is 22.2 Å². The fraction of sp³-hybridized carbons (Fsp3) is 0.0690. The summed E-state index contributed by atoms with van der Waals surface area (Å²) in [7, 11) is 0. The molecule has 0 amide bonds. The van der Waals surface area contributed by atoms with Crippen LogP contribution in [0.1, 0.15) is 49.1 Å². The predicted octanol–water partition coefficient (Wildman–Crippen LogP) is 16.7. The number of hydrogen-bond acceptors (Lipinski definition) is 1. The first-order valence-electron chi connectivity index (χ1n) is 20.9. The largest absolute Gasteiger partial charge is 0.309 e. The summed E-state index contributed by atoms with van der Waals surface area (Å²) >= 11 is 1.87. The number of aromatic nitrogens is 2. The van der Waals surface area contributed by atoms with Gasteiger partial charge in [0.25, 0.3) is 0 Å². The average molecular weight is 807 g/mol. The molecule has 7 aromatic rings. The van der Waals surface area contributed by atoms with Crippen molar-refractivity contribution < 1.29 is 0 Å². The maximum atomic E-state index is 4.38. The molecule has 5 aromatic carbocycles. The summed E-state index contributed by atoms with van der Waals surface area (Å²) in [5.41, 5.74) is 12.7. The zero-order valence-corrected chi connectivity index (χ0v) is 35.9. The standard InChI is InChI=1S/C58H50N2S/c1-6-10-11-12-13-14-21-30-45(25-7-2)60-52-33-24-23-31-49(52)56-50-32-22-16-15-18-27-42(5)47-38-39-54-57(58(47)61-55(50)41-40-53(56)60)48(26-8-3)51(9-4)59(54)46-36-34-44(35-37-46)43-28-19-17-20-29-43/h6-42H,2,4H2,1,3,5H3/b10-6-,12-11+,14-13+,16-15-,26-8-,27-18+,30-21-,32-22-,45-25+. The Kier molecular flexibility index (Phi) is 12.6. The minimum absolute atomic E-state index is 0.166. The monoisotopic (exact) mass is 806 g/mol. The van der Waals surface area contributed by atoms with Crippen LogP contribution >= 0.6 is 11.8 Å². The second-order valence-corrected chi connectivity index (χ2v) is 15.9. The molecular formula is C58H50N2S. The van der Waals surface area contributed by atoms with E-state index in [0.29, 0.717) is 0 Å². The van der Waals surface area contributed by atoms with Crippen molar-refractivity contribution in [3.8, 4) is 16.8 Å². The molecule has 0 spiro atoms. The minimum atomic E-state index is 0.166. The van der Waals surface area contributed by atoms with E-state index in [1.165, 1.54) is 53.8 Å². The number of hydrogen-bond donors (Lipinski definition) is 0. The van der Waals surface area contributed by atoms with E-state index in [9.17, 15) is 0 Å². The van der Waals surface area contributed by atoms with Crippen molar-refractivity contribution >= 4 is 68.4 Å². The van der Waals surface area contributed by atoms with E-state index in [1.54, 1.807) is 0 Å². The van der Waals surface area contributed by atoms with Crippen molar-refractivity contribution in [1.29, 1.82) is 0 Å². The Bertz CT molecular complexity index is 3040. The summed E-state index contributed by atoms with van der Waals surface area (Å²) in [6.07, 6.45) is 40.0. The summed E-state index contributed by atoms with van der Waals surface area (Å²) in [5.74, 6) is 0.166. The van der Waals surface area contributed by atoms with E-state index >= 15 is 0 Å². The van der Waals surface area contributed by atoms with Gasteiger partial charge in [-0.3, -0.25) is 0 Å². The third kappa shape index (κ3) is 8.13. The molecule has 61 heavy (non-hydrogen) atoms. The lowest BCUT2D eigenvalue weighted by Crippen LogP contribution is -1.98. The van der Waals surface area contributed by atoms with E-state index in [4.69, 9.17) is 0 Å². The lowest BCUT2D eigenvalue weighted by molar-refractivity contribution is 0.940. The Hall–Kier alpha value is -7.07. The quantitative estimate of drug-likeness (QED) is 0.125. The molecule has 1 aliphatic heterocycles. The van der Waals surface area contributed by atoms with E-state index in [2.05, 4.69) is 212 Å². The fourth-order valence-electron chi connectivity index (χ4n) is 8.30. The van der Waals surface area contributed by atoms with Gasteiger partial charge in [-0.15, -0.1) is 0 Å². The first-order valence-corrected chi connectivity index (χ1v) is 21.7. The molecule has 8 rings (SSSR count). The number of rotatable bonds is 10. The van der Waals surface area contributed by atoms with Crippen LogP contribution in [0.3, 0.4) is 0 Å². The maximum absolute atomic E-state index is 4.38. The van der Waals surface area contributed by atoms with Crippen LogP contribution in [0.5, 0.6) is 0 Å². The molecule has 0 radical (unpaired) electrons. The van der Waals surface area contributed by atoms with Crippen molar-refractivity contribution in [2.24, 2.45) is 0 Å². The van der Waals surface area contributed by atoms with Crippen molar-refractivity contribution in [1.82, 2.24) is 9.13 Å². The molecule has 0 N–H and O–H groups in total. The van der Waals surface area contributed by atoms with Crippen LogP contribution < -0.4 is 0 Å². The summed E-state index contributed by atoms with van der Waals surface area (Å²) in [6, 6.07) is 37.4. The first kappa shape index (κ1) is 40.7. The summed E-state index contributed by atoms with van der Waals surface area (Å²) in [5, 5.41) is 3.64. The van der Waals surface area contributed by atoms with Gasteiger partial charge in [-0.2, -0.15) is 0 Å². The number of allylic oxidation sites excluding steroid dienone is 17. The highest BCUT2D eigenvalue weighted by Crippen LogP contribution is 2.48. The normalized spacial score (nSPS) is 16.5. The Morgan fingerprint density at radius 1 is 0.656 bits per heavy atom. The molecule has 298 valence electrons. The maximum Gasteiger partial charge on any atom is 0.0552 e. The van der Waals surface area contributed by atoms with E-state index in [1.807, 2.05) is 61.2 Å². The van der Waals surface area contributed by atoms with Gasteiger partial charge in [-0.05, 0) is 90.7 Å². The lowest BCUT2D eigenvalue weighted by Gasteiger charge is -2.18. The number of nitrogens with zero attached hydrogens (tertiary/aromatic N) is 2. The van der Waals surface area contributed by atoms with Crippen molar-refractivity contribution in [2.45, 2.75) is 36.5 Å². The minimum Gasteiger partial charge on any atom is -0.309 e. The highest BCUT2D eigenvalue weighted by Gasteiger charge is 2.24. The van der Waals surface area contributed by atoms with Gasteiger partial charge in [0.1, 0.15) is 0 Å². The van der Waals surface area contributed by atoms with Gasteiger partial charge in [0.15, 0.2) is 0 Å². The van der Waals surface area contributed by atoms with Crippen LogP contribution in [0.25, 0.3) is 73.4 Å². The van der Waals surface area contributed by atoms with Crippen LogP contribution in [0.2, 0.25) is 0 Å². The molecule has 1 unspecified atom stereocenters. The van der Waals surface area contributed by atoms with Crippen LogP contribution in [-0.2, 0) is 0 Å². The Morgan fingerprint density at radius 2 is 1.38 bits per heavy atom. The van der Waals surface area contributed by atoms with Crippen LogP contribution in [-0.4, -0.2) is 9.13 Å². The van der Waals surface area contributed by atoms with Gasteiger partial charge in [0, 0.05) is 48.8 Å². The second-order valence-electron chi connectivity index (χ2n) is 14.9. The Labute approximate surface area is 365 Å². The molecule has 3 heteroatoms. The van der Waals surface area contributed by atoms with Crippen molar-refractivity contribution in [2.75, 3.05) is 0 Å². The molecule has 0 bridgehead atoms. The topological polar surface area (TPSA) is 9.86 Å². The average Bonchev–Trinajstić information content (AvgIpc) is 3.80. The highest BCUT2D eigenvalue weighted by atomic mass is 32.2. The zero-order chi connectivity index (χ0) is 42.1. The van der Waals surface area contributed by atoms with Crippen LogP contribution in [0, 0.1) is 0 Å². The smallest absolute Gasteiger partial charge is 0.0552 e. The number of benzene rings is 5. The molecule has 0 aliphatic carbocycles. The van der Waals surface area contributed by atoms with Gasteiger partial charge in [-0.1, -0.05) is 196 Å². The van der Waals surface area contributed by atoms with E-state index in [-0.39, 0.29) is 5.92 Å². The molecule has 1 atom stereocenters. The van der Waals surface area contributed by atoms with E-state index in [0.717, 1.165) is 33.6 Å². The molecule has 1 aliphatic rings. The third-order valence-corrected chi connectivity index (χ3v) is 12.3. The molecular weight excluding hydrogens is 757 g/mol. The van der Waals surface area contributed by atoms with Gasteiger partial charge < -0.3 is 9.13 Å². The molecule has 0 saturated carbocycles. The molecule has 2 nitrogen and oxygen atoms in total. The van der Waals surface area contributed by atoms with E-state index < -0.39 is 0 Å². The third-order valence-electron chi connectivity index (χ3n) is 11.1. The fourth-order valence-corrected chi connectivity index (χ4v) is 9.63.